The van der Waals surface area contributed by atoms with Gasteiger partial charge in [0.1, 0.15) is 5.82 Å². The van der Waals surface area contributed by atoms with Gasteiger partial charge >= 0.3 is 0 Å². The number of nitrogens with zero attached hydrogens (tertiary/aromatic N) is 7. The van der Waals surface area contributed by atoms with E-state index in [1.54, 1.807) is 12.4 Å². The van der Waals surface area contributed by atoms with Gasteiger partial charge in [0, 0.05) is 84.0 Å². The van der Waals surface area contributed by atoms with Gasteiger partial charge in [-0.2, -0.15) is 0 Å². The molecule has 0 N–H and O–H groups in total. The van der Waals surface area contributed by atoms with Crippen LogP contribution in [0.1, 0.15) is 32.4 Å². The third-order valence-electron chi connectivity index (χ3n) is 6.78. The zero-order valence-electron chi connectivity index (χ0n) is 21.6. The van der Waals surface area contributed by atoms with Gasteiger partial charge in [0.05, 0.1) is 25.4 Å². The first-order valence-corrected chi connectivity index (χ1v) is 13.0. The van der Waals surface area contributed by atoms with Gasteiger partial charge in [-0.1, -0.05) is 6.07 Å². The topological polar surface area (TPSA) is 70.1 Å². The normalized spacial score (nSPS) is 18.9. The summed E-state index contributed by atoms with van der Waals surface area (Å²) >= 11 is 0. The highest BCUT2D eigenvalue weighted by Crippen LogP contribution is 2.20. The lowest BCUT2D eigenvalue weighted by Gasteiger charge is -2.35. The van der Waals surface area contributed by atoms with Crippen molar-refractivity contribution in [3.63, 3.8) is 0 Å². The Morgan fingerprint density at radius 3 is 1.91 bits per heavy atom. The monoisotopic (exact) mass is 483 g/mol. The predicted molar refractivity (Wildman–Crippen MR) is 139 cm³/mol. The number of piperazine rings is 2. The summed E-state index contributed by atoms with van der Waals surface area (Å²) in [7, 11) is 0. The van der Waals surface area contributed by atoms with Crippen molar-refractivity contribution in [1.29, 1.82) is 0 Å². The molecule has 0 radical (unpaired) electrons. The van der Waals surface area contributed by atoms with Gasteiger partial charge in [-0.15, -0.1) is 0 Å². The summed E-state index contributed by atoms with van der Waals surface area (Å²) in [6.45, 7) is 17.8. The second kappa shape index (κ2) is 13.1. The minimum atomic E-state index is 0.0355. The summed E-state index contributed by atoms with van der Waals surface area (Å²) in [6, 6.07) is 6.15. The smallest absolute Gasteiger partial charge is 0.225 e. The van der Waals surface area contributed by atoms with Crippen molar-refractivity contribution < 1.29 is 9.47 Å². The third-order valence-corrected chi connectivity index (χ3v) is 6.78. The van der Waals surface area contributed by atoms with Crippen molar-refractivity contribution in [2.24, 2.45) is 0 Å². The molecular formula is C26H41N7O2. The van der Waals surface area contributed by atoms with E-state index in [9.17, 15) is 0 Å². The van der Waals surface area contributed by atoms with E-state index in [4.69, 9.17) is 14.5 Å². The number of hydrogen-bond donors (Lipinski definition) is 0. The van der Waals surface area contributed by atoms with Crippen molar-refractivity contribution in [1.82, 2.24) is 24.8 Å². The molecule has 0 spiro atoms. The molecule has 2 aliphatic rings. The molecule has 35 heavy (non-hydrogen) atoms. The maximum absolute atomic E-state index is 6.14. The van der Waals surface area contributed by atoms with E-state index < -0.39 is 0 Å². The number of hydrogen-bond acceptors (Lipinski definition) is 9. The van der Waals surface area contributed by atoms with Crippen LogP contribution in [0.4, 0.5) is 11.8 Å². The van der Waals surface area contributed by atoms with Gasteiger partial charge in [0.2, 0.25) is 5.95 Å². The zero-order valence-corrected chi connectivity index (χ0v) is 21.6. The van der Waals surface area contributed by atoms with Crippen LogP contribution in [0.5, 0.6) is 0 Å². The molecule has 1 atom stereocenters. The average Bonchev–Trinajstić information content (AvgIpc) is 2.90. The molecule has 2 aromatic heterocycles. The standard InChI is InChI=1S/C26H41N7O2/c1-22(2)34-19-17-30-9-13-32(14-10-30)25-6-5-24(21-29-25)23(3)35-20-18-31-11-15-33(16-12-31)26-27-7-4-8-28-26/h4-8,21-23H,9-20H2,1-3H3. The molecule has 192 valence electrons. The van der Waals surface area contributed by atoms with Crippen molar-refractivity contribution in [3.05, 3.63) is 42.4 Å². The van der Waals surface area contributed by atoms with Crippen LogP contribution in [0, 0.1) is 0 Å². The van der Waals surface area contributed by atoms with Gasteiger partial charge in [0.15, 0.2) is 0 Å². The van der Waals surface area contributed by atoms with Gasteiger partial charge in [-0.05, 0) is 38.5 Å². The summed E-state index contributed by atoms with van der Waals surface area (Å²) in [4.78, 5) is 23.0. The molecule has 1 unspecified atom stereocenters. The first kappa shape index (κ1) is 25.8. The molecule has 0 amide bonds. The van der Waals surface area contributed by atoms with Crippen molar-refractivity contribution in [2.45, 2.75) is 33.0 Å². The fraction of sp³-hybridized carbons (Fsp3) is 0.654. The Balaban J connectivity index is 1.13. The summed E-state index contributed by atoms with van der Waals surface area (Å²) in [5.41, 5.74) is 1.13. The van der Waals surface area contributed by atoms with Crippen LogP contribution in [-0.2, 0) is 9.47 Å². The number of ether oxygens (including phenoxy) is 2. The molecule has 4 rings (SSSR count). The minimum absolute atomic E-state index is 0.0355. The Kier molecular flexibility index (Phi) is 9.65. The first-order valence-electron chi connectivity index (χ1n) is 13.0. The molecule has 2 aromatic rings. The van der Waals surface area contributed by atoms with Gasteiger partial charge in [-0.25, -0.2) is 15.0 Å². The molecule has 2 aliphatic heterocycles. The molecule has 9 nitrogen and oxygen atoms in total. The molecule has 0 bridgehead atoms. The average molecular weight is 484 g/mol. The SMILES string of the molecule is CC(C)OCCN1CCN(c2ccc(C(C)OCCN3CCN(c4ncccn4)CC3)cn2)CC1. The molecule has 0 aliphatic carbocycles. The molecule has 0 aromatic carbocycles. The first-order chi connectivity index (χ1) is 17.1. The summed E-state index contributed by atoms with van der Waals surface area (Å²) in [5.74, 6) is 1.88. The van der Waals surface area contributed by atoms with Crippen molar-refractivity contribution >= 4 is 11.8 Å². The van der Waals surface area contributed by atoms with Crippen molar-refractivity contribution in [2.75, 3.05) is 88.5 Å². The van der Waals surface area contributed by atoms with Gasteiger partial charge < -0.3 is 19.3 Å². The van der Waals surface area contributed by atoms with Gasteiger partial charge in [-0.3, -0.25) is 9.80 Å². The van der Waals surface area contributed by atoms with Crippen LogP contribution in [0.15, 0.2) is 36.8 Å². The maximum Gasteiger partial charge on any atom is 0.225 e. The van der Waals surface area contributed by atoms with Crippen LogP contribution in [0.2, 0.25) is 0 Å². The molecule has 4 heterocycles. The number of pyridine rings is 1. The van der Waals surface area contributed by atoms with E-state index in [1.807, 2.05) is 12.3 Å². The van der Waals surface area contributed by atoms with Gasteiger partial charge in [0.25, 0.3) is 0 Å². The highest BCUT2D eigenvalue weighted by Gasteiger charge is 2.20. The predicted octanol–water partition coefficient (Wildman–Crippen LogP) is 2.32. The van der Waals surface area contributed by atoms with Crippen molar-refractivity contribution in [3.8, 4) is 0 Å². The highest BCUT2D eigenvalue weighted by molar-refractivity contribution is 5.40. The zero-order chi connectivity index (χ0) is 24.5. The molecular weight excluding hydrogens is 442 g/mol. The number of anilines is 2. The lowest BCUT2D eigenvalue weighted by Crippen LogP contribution is -2.47. The van der Waals surface area contributed by atoms with E-state index in [0.717, 1.165) is 89.4 Å². The molecule has 2 fully saturated rings. The Bertz CT molecular complexity index is 852. The van der Waals surface area contributed by atoms with E-state index in [-0.39, 0.29) is 6.10 Å². The highest BCUT2D eigenvalue weighted by atomic mass is 16.5. The fourth-order valence-corrected chi connectivity index (χ4v) is 4.52. The Morgan fingerprint density at radius 1 is 0.743 bits per heavy atom. The quantitative estimate of drug-likeness (QED) is 0.479. The van der Waals surface area contributed by atoms with Crippen LogP contribution >= 0.6 is 0 Å². The minimum Gasteiger partial charge on any atom is -0.377 e. The summed E-state index contributed by atoms with van der Waals surface area (Å²) < 4.78 is 11.8. The molecule has 0 saturated carbocycles. The lowest BCUT2D eigenvalue weighted by atomic mass is 10.2. The third kappa shape index (κ3) is 7.83. The lowest BCUT2D eigenvalue weighted by molar-refractivity contribution is 0.0465. The van der Waals surface area contributed by atoms with Crippen LogP contribution in [0.3, 0.4) is 0 Å². The van der Waals surface area contributed by atoms with Crippen LogP contribution < -0.4 is 9.80 Å². The van der Waals surface area contributed by atoms with Crippen LogP contribution in [-0.4, -0.2) is 110 Å². The maximum atomic E-state index is 6.14. The van der Waals surface area contributed by atoms with E-state index in [1.165, 1.54) is 0 Å². The largest absolute Gasteiger partial charge is 0.377 e. The Hall–Kier alpha value is -2.33. The van der Waals surface area contributed by atoms with E-state index in [2.05, 4.69) is 62.5 Å². The van der Waals surface area contributed by atoms with E-state index in [0.29, 0.717) is 12.7 Å². The number of aromatic nitrogens is 3. The summed E-state index contributed by atoms with van der Waals surface area (Å²) in [6.07, 6.45) is 5.92. The van der Waals surface area contributed by atoms with Crippen LogP contribution in [0.25, 0.3) is 0 Å². The summed E-state index contributed by atoms with van der Waals surface area (Å²) in [5, 5.41) is 0. The second-order valence-corrected chi connectivity index (χ2v) is 9.59. The Morgan fingerprint density at radius 2 is 1.34 bits per heavy atom. The second-order valence-electron chi connectivity index (χ2n) is 9.59. The van der Waals surface area contributed by atoms with E-state index >= 15 is 0 Å². The fourth-order valence-electron chi connectivity index (χ4n) is 4.52. The number of rotatable bonds is 11. The molecule has 9 heteroatoms. The Labute approximate surface area is 210 Å². The molecule has 2 saturated heterocycles.